The number of para-hydroxylation sites is 1. The molecule has 0 unspecified atom stereocenters. The number of hydrogen-bond donors (Lipinski definition) is 3. The maximum Gasteiger partial charge on any atom is 0.240 e. The molecule has 1 aromatic heterocycles. The minimum atomic E-state index is -3.47. The lowest BCUT2D eigenvalue weighted by atomic mass is 9.81. The highest BCUT2D eigenvalue weighted by molar-refractivity contribution is 7.89. The van der Waals surface area contributed by atoms with Gasteiger partial charge in [-0.3, -0.25) is 4.79 Å². The Morgan fingerprint density at radius 2 is 1.68 bits per heavy atom. The van der Waals surface area contributed by atoms with Gasteiger partial charge in [-0.15, -0.1) is 0 Å². The van der Waals surface area contributed by atoms with Crippen LogP contribution in [0.1, 0.15) is 31.2 Å². The maximum atomic E-state index is 12.6. The van der Waals surface area contributed by atoms with Crippen molar-refractivity contribution in [2.75, 3.05) is 13.1 Å². The molecule has 0 spiro atoms. The van der Waals surface area contributed by atoms with Crippen LogP contribution in [0.15, 0.2) is 65.7 Å². The van der Waals surface area contributed by atoms with Gasteiger partial charge in [0.25, 0.3) is 0 Å². The zero-order valence-electron chi connectivity index (χ0n) is 17.5. The number of aromatic nitrogens is 1. The van der Waals surface area contributed by atoms with Crippen molar-refractivity contribution in [2.45, 2.75) is 37.0 Å². The Labute approximate surface area is 183 Å². The van der Waals surface area contributed by atoms with Crippen molar-refractivity contribution < 1.29 is 13.2 Å². The molecule has 7 heteroatoms. The van der Waals surface area contributed by atoms with E-state index in [1.807, 2.05) is 18.3 Å². The molecule has 3 aromatic rings. The molecule has 31 heavy (non-hydrogen) atoms. The van der Waals surface area contributed by atoms with Crippen LogP contribution >= 0.6 is 0 Å². The summed E-state index contributed by atoms with van der Waals surface area (Å²) in [4.78, 5) is 16.1. The molecule has 2 aromatic carbocycles. The third-order valence-electron chi connectivity index (χ3n) is 6.20. The van der Waals surface area contributed by atoms with Gasteiger partial charge >= 0.3 is 0 Å². The fourth-order valence-electron chi connectivity index (χ4n) is 4.34. The summed E-state index contributed by atoms with van der Waals surface area (Å²) in [7, 11) is -3.47. The average molecular weight is 440 g/mol. The molecule has 1 aliphatic carbocycles. The van der Waals surface area contributed by atoms with Crippen LogP contribution in [0.3, 0.4) is 0 Å². The van der Waals surface area contributed by atoms with E-state index in [0.717, 1.165) is 37.6 Å². The number of fused-ring (bicyclic) bond motifs is 1. The van der Waals surface area contributed by atoms with E-state index in [0.29, 0.717) is 18.0 Å². The number of rotatable bonds is 8. The van der Waals surface area contributed by atoms with Crippen molar-refractivity contribution in [2.24, 2.45) is 11.8 Å². The molecule has 0 aliphatic heterocycles. The summed E-state index contributed by atoms with van der Waals surface area (Å²) in [5, 5.41) is 4.29. The number of nitrogens with one attached hydrogen (secondary N) is 3. The van der Waals surface area contributed by atoms with Crippen LogP contribution in [0.4, 0.5) is 0 Å². The molecule has 1 amide bonds. The van der Waals surface area contributed by atoms with Crippen LogP contribution < -0.4 is 10.0 Å². The van der Waals surface area contributed by atoms with Crippen LogP contribution in [0.5, 0.6) is 0 Å². The second-order valence-corrected chi connectivity index (χ2v) is 10.1. The first-order chi connectivity index (χ1) is 15.0. The number of aromatic amines is 1. The van der Waals surface area contributed by atoms with Gasteiger partial charge in [0.2, 0.25) is 15.9 Å². The fraction of sp³-hybridized carbons (Fsp3) is 0.375. The van der Waals surface area contributed by atoms with E-state index in [2.05, 4.69) is 27.2 Å². The third kappa shape index (κ3) is 5.35. The molecule has 6 nitrogen and oxygen atoms in total. The smallest absolute Gasteiger partial charge is 0.240 e. The van der Waals surface area contributed by atoms with E-state index >= 15 is 0 Å². The average Bonchev–Trinajstić information content (AvgIpc) is 3.22. The van der Waals surface area contributed by atoms with Gasteiger partial charge in [0.15, 0.2) is 0 Å². The zero-order valence-corrected chi connectivity index (χ0v) is 18.3. The van der Waals surface area contributed by atoms with Gasteiger partial charge in [-0.1, -0.05) is 36.4 Å². The highest BCUT2D eigenvalue weighted by Crippen LogP contribution is 2.29. The van der Waals surface area contributed by atoms with E-state index in [1.165, 1.54) is 10.9 Å². The van der Waals surface area contributed by atoms with E-state index in [4.69, 9.17) is 0 Å². The maximum absolute atomic E-state index is 12.6. The van der Waals surface area contributed by atoms with E-state index in [1.54, 1.807) is 30.3 Å². The Morgan fingerprint density at radius 3 is 2.45 bits per heavy atom. The number of carbonyl (C=O) groups excluding carboxylic acids is 1. The Morgan fingerprint density at radius 1 is 0.968 bits per heavy atom. The number of amides is 1. The Bertz CT molecular complexity index is 1120. The quantitative estimate of drug-likeness (QED) is 0.501. The first-order valence-electron chi connectivity index (χ1n) is 10.9. The second-order valence-electron chi connectivity index (χ2n) is 8.28. The topological polar surface area (TPSA) is 91.1 Å². The fourth-order valence-corrected chi connectivity index (χ4v) is 5.48. The highest BCUT2D eigenvalue weighted by Gasteiger charge is 2.27. The summed E-state index contributed by atoms with van der Waals surface area (Å²) in [6.45, 7) is 1.05. The van der Waals surface area contributed by atoms with Gasteiger partial charge in [0, 0.05) is 36.1 Å². The molecular formula is C24H29N3O3S. The molecule has 1 fully saturated rings. The number of H-pyrrole nitrogens is 1. The summed E-state index contributed by atoms with van der Waals surface area (Å²) < 4.78 is 27.5. The molecular weight excluding hydrogens is 410 g/mol. The molecule has 1 saturated carbocycles. The summed E-state index contributed by atoms with van der Waals surface area (Å²) >= 11 is 0. The Balaban J connectivity index is 1.19. The summed E-state index contributed by atoms with van der Waals surface area (Å²) in [6.07, 6.45) is 6.13. The summed E-state index contributed by atoms with van der Waals surface area (Å²) in [6, 6.07) is 16.6. The van der Waals surface area contributed by atoms with Gasteiger partial charge in [0.1, 0.15) is 0 Å². The monoisotopic (exact) mass is 439 g/mol. The summed E-state index contributed by atoms with van der Waals surface area (Å²) in [5.74, 6) is 0.405. The normalized spacial score (nSPS) is 19.4. The standard InChI is InChI=1S/C24H29N3O3S/c28-24(25-15-14-20-17-26-23-9-5-4-8-22(20)23)19-12-10-18(11-13-19)16-27-31(29,30)21-6-2-1-3-7-21/h1-9,17-19,26-27H,10-16H2,(H,25,28). The Kier molecular flexibility index (Phi) is 6.73. The SMILES string of the molecule is O=C(NCCc1c[nH]c2ccccc12)C1CCC(CNS(=O)(=O)c2ccccc2)CC1. The van der Waals surface area contributed by atoms with Crippen LogP contribution in [0.25, 0.3) is 10.9 Å². The number of carbonyl (C=O) groups is 1. The molecule has 3 N–H and O–H groups in total. The van der Waals surface area contributed by atoms with Gasteiger partial charge in [0.05, 0.1) is 4.90 Å². The first-order valence-corrected chi connectivity index (χ1v) is 12.4. The van der Waals surface area contributed by atoms with Crippen molar-refractivity contribution in [3.05, 3.63) is 66.4 Å². The molecule has 0 radical (unpaired) electrons. The van der Waals surface area contributed by atoms with Crippen molar-refractivity contribution >= 4 is 26.8 Å². The van der Waals surface area contributed by atoms with Gasteiger partial charge in [-0.2, -0.15) is 0 Å². The van der Waals surface area contributed by atoms with Gasteiger partial charge < -0.3 is 10.3 Å². The van der Waals surface area contributed by atoms with E-state index in [-0.39, 0.29) is 17.7 Å². The Hall–Kier alpha value is -2.64. The minimum Gasteiger partial charge on any atom is -0.361 e. The zero-order chi connectivity index (χ0) is 21.7. The van der Waals surface area contributed by atoms with E-state index in [9.17, 15) is 13.2 Å². The highest BCUT2D eigenvalue weighted by atomic mass is 32.2. The predicted molar refractivity (Wildman–Crippen MR) is 122 cm³/mol. The lowest BCUT2D eigenvalue weighted by molar-refractivity contribution is -0.126. The second kappa shape index (κ2) is 9.66. The lowest BCUT2D eigenvalue weighted by Gasteiger charge is -2.27. The van der Waals surface area contributed by atoms with Gasteiger partial charge in [-0.25, -0.2) is 13.1 Å². The molecule has 164 valence electrons. The largest absolute Gasteiger partial charge is 0.361 e. The first kappa shape index (κ1) is 21.6. The molecule has 0 bridgehead atoms. The lowest BCUT2D eigenvalue weighted by Crippen LogP contribution is -2.36. The molecule has 1 aliphatic rings. The number of benzene rings is 2. The van der Waals surface area contributed by atoms with Crippen molar-refractivity contribution in [1.29, 1.82) is 0 Å². The molecule has 1 heterocycles. The summed E-state index contributed by atoms with van der Waals surface area (Å²) in [5.41, 5.74) is 2.33. The van der Waals surface area contributed by atoms with Crippen molar-refractivity contribution in [1.82, 2.24) is 15.0 Å². The third-order valence-corrected chi connectivity index (χ3v) is 7.64. The molecule has 0 saturated heterocycles. The van der Waals surface area contributed by atoms with Gasteiger partial charge in [-0.05, 0) is 61.8 Å². The molecule has 0 atom stereocenters. The van der Waals surface area contributed by atoms with E-state index < -0.39 is 10.0 Å². The molecule has 4 rings (SSSR count). The van der Waals surface area contributed by atoms with Crippen LogP contribution in [0.2, 0.25) is 0 Å². The van der Waals surface area contributed by atoms with Crippen molar-refractivity contribution in [3.63, 3.8) is 0 Å². The van der Waals surface area contributed by atoms with Crippen LogP contribution in [-0.2, 0) is 21.2 Å². The van der Waals surface area contributed by atoms with Crippen LogP contribution in [-0.4, -0.2) is 32.4 Å². The number of sulfonamides is 1. The van der Waals surface area contributed by atoms with Crippen molar-refractivity contribution in [3.8, 4) is 0 Å². The number of hydrogen-bond acceptors (Lipinski definition) is 3. The minimum absolute atomic E-state index is 0.0185. The predicted octanol–water partition coefficient (Wildman–Crippen LogP) is 3.61. The van der Waals surface area contributed by atoms with Crippen LogP contribution in [0, 0.1) is 11.8 Å².